The average molecular weight is 339 g/mol. The Balaban J connectivity index is 1.88. The summed E-state index contributed by atoms with van der Waals surface area (Å²) in [5.41, 5.74) is -0.849. The van der Waals surface area contributed by atoms with Gasteiger partial charge in [-0.05, 0) is 35.3 Å². The zero-order valence-corrected chi connectivity index (χ0v) is 12.0. The van der Waals surface area contributed by atoms with Crippen LogP contribution in [0.1, 0.15) is 21.5 Å². The Kier molecular flexibility index (Phi) is 4.06. The highest BCUT2D eigenvalue weighted by atomic mass is 19.4. The molecule has 24 heavy (non-hydrogen) atoms. The molecule has 0 fully saturated rings. The Morgan fingerprint density at radius 3 is 2.71 bits per heavy atom. The van der Waals surface area contributed by atoms with E-state index in [0.29, 0.717) is 11.5 Å². The zero-order valence-electron chi connectivity index (χ0n) is 12.0. The number of benzene rings is 2. The summed E-state index contributed by atoms with van der Waals surface area (Å²) in [6.45, 7) is 0.215. The number of hydrogen-bond acceptors (Lipinski definition) is 3. The second kappa shape index (κ2) is 5.92. The van der Waals surface area contributed by atoms with E-state index in [1.165, 1.54) is 12.1 Å². The molecule has 0 radical (unpaired) electrons. The molecular weight excluding hydrogens is 329 g/mol. The van der Waals surface area contributed by atoms with Gasteiger partial charge in [0.2, 0.25) is 0 Å². The van der Waals surface area contributed by atoms with E-state index >= 15 is 0 Å². The van der Waals surface area contributed by atoms with Gasteiger partial charge in [-0.3, -0.25) is 4.79 Å². The summed E-state index contributed by atoms with van der Waals surface area (Å²) in [6.07, 6.45) is -4.89. The van der Waals surface area contributed by atoms with Gasteiger partial charge < -0.3 is 15.0 Å². The fourth-order valence-electron chi connectivity index (χ4n) is 2.42. The van der Waals surface area contributed by atoms with Gasteiger partial charge in [-0.25, -0.2) is 4.39 Å². The third kappa shape index (κ3) is 3.00. The molecular formula is C15H10BF4NO3. The lowest BCUT2D eigenvalue weighted by Crippen LogP contribution is -2.28. The van der Waals surface area contributed by atoms with Gasteiger partial charge in [0.05, 0.1) is 17.7 Å². The first-order chi connectivity index (χ1) is 11.3. The molecule has 0 spiro atoms. The number of rotatable bonds is 2. The van der Waals surface area contributed by atoms with Gasteiger partial charge in [-0.1, -0.05) is 12.1 Å². The number of halogens is 4. The van der Waals surface area contributed by atoms with Crippen LogP contribution in [-0.4, -0.2) is 18.0 Å². The second-order valence-electron chi connectivity index (χ2n) is 5.20. The summed E-state index contributed by atoms with van der Waals surface area (Å²) in [5.74, 6) is -2.65. The summed E-state index contributed by atoms with van der Waals surface area (Å²) in [6, 6.07) is 7.01. The van der Waals surface area contributed by atoms with Crippen molar-refractivity contribution in [2.75, 3.05) is 5.32 Å². The van der Waals surface area contributed by atoms with Gasteiger partial charge in [0.25, 0.3) is 5.91 Å². The molecule has 3 rings (SSSR count). The van der Waals surface area contributed by atoms with Crippen LogP contribution in [0.4, 0.5) is 23.2 Å². The summed E-state index contributed by atoms with van der Waals surface area (Å²) >= 11 is 0. The normalized spacial score (nSPS) is 13.8. The molecule has 0 unspecified atom stereocenters. The van der Waals surface area contributed by atoms with Crippen LogP contribution in [0.15, 0.2) is 36.4 Å². The van der Waals surface area contributed by atoms with Crippen LogP contribution in [0.5, 0.6) is 0 Å². The lowest BCUT2D eigenvalue weighted by molar-refractivity contribution is -0.140. The molecule has 0 saturated carbocycles. The maximum Gasteiger partial charge on any atom is 0.491 e. The maximum absolute atomic E-state index is 14.0. The van der Waals surface area contributed by atoms with E-state index in [4.69, 9.17) is 4.65 Å². The topological polar surface area (TPSA) is 58.6 Å². The summed E-state index contributed by atoms with van der Waals surface area (Å²) in [4.78, 5) is 12.1. The van der Waals surface area contributed by atoms with Crippen LogP contribution >= 0.6 is 0 Å². The molecule has 0 aromatic heterocycles. The minimum Gasteiger partial charge on any atom is -0.423 e. The molecule has 1 heterocycles. The summed E-state index contributed by atoms with van der Waals surface area (Å²) < 4.78 is 57.1. The highest BCUT2D eigenvalue weighted by Gasteiger charge is 2.35. The number of carbonyl (C=O) groups excluding carboxylic acids is 1. The van der Waals surface area contributed by atoms with E-state index in [1.54, 1.807) is 6.07 Å². The maximum atomic E-state index is 14.0. The highest BCUT2D eigenvalue weighted by molar-refractivity contribution is 6.61. The predicted molar refractivity (Wildman–Crippen MR) is 78.2 cm³/mol. The first-order valence-corrected chi connectivity index (χ1v) is 6.87. The summed E-state index contributed by atoms with van der Waals surface area (Å²) in [7, 11) is -1.14. The quantitative estimate of drug-likeness (QED) is 0.652. The molecule has 124 valence electrons. The molecule has 0 bridgehead atoms. The van der Waals surface area contributed by atoms with Crippen molar-refractivity contribution in [3.8, 4) is 0 Å². The predicted octanol–water partition coefficient (Wildman–Crippen LogP) is 2.31. The monoisotopic (exact) mass is 339 g/mol. The third-order valence-corrected chi connectivity index (χ3v) is 3.62. The van der Waals surface area contributed by atoms with Crippen molar-refractivity contribution in [3.63, 3.8) is 0 Å². The van der Waals surface area contributed by atoms with Crippen molar-refractivity contribution < 1.29 is 32.0 Å². The molecule has 0 saturated heterocycles. The van der Waals surface area contributed by atoms with E-state index in [2.05, 4.69) is 5.32 Å². The van der Waals surface area contributed by atoms with Crippen molar-refractivity contribution in [2.45, 2.75) is 12.8 Å². The van der Waals surface area contributed by atoms with E-state index in [9.17, 15) is 27.4 Å². The number of amides is 1. The van der Waals surface area contributed by atoms with Gasteiger partial charge in [0.1, 0.15) is 5.82 Å². The van der Waals surface area contributed by atoms with Crippen LogP contribution < -0.4 is 10.8 Å². The van der Waals surface area contributed by atoms with Crippen LogP contribution in [0.2, 0.25) is 0 Å². The third-order valence-electron chi connectivity index (χ3n) is 3.62. The average Bonchev–Trinajstić information content (AvgIpc) is 2.87. The summed E-state index contributed by atoms with van der Waals surface area (Å²) in [5, 5.41) is 11.9. The van der Waals surface area contributed by atoms with E-state index in [-0.39, 0.29) is 12.3 Å². The fraction of sp³-hybridized carbons (Fsp3) is 0.133. The molecule has 0 aliphatic carbocycles. The first kappa shape index (κ1) is 16.5. The molecule has 4 nitrogen and oxygen atoms in total. The molecule has 9 heteroatoms. The number of anilines is 1. The minimum atomic E-state index is -4.89. The molecule has 0 atom stereocenters. The van der Waals surface area contributed by atoms with E-state index in [0.717, 1.165) is 17.7 Å². The fourth-order valence-corrected chi connectivity index (χ4v) is 2.42. The molecule has 2 aromatic carbocycles. The molecule has 2 aromatic rings. The molecule has 1 amide bonds. The number of carbonyl (C=O) groups is 1. The van der Waals surface area contributed by atoms with Gasteiger partial charge in [0.15, 0.2) is 0 Å². The van der Waals surface area contributed by atoms with Crippen LogP contribution in [0.3, 0.4) is 0 Å². The number of fused-ring (bicyclic) bond motifs is 1. The Morgan fingerprint density at radius 1 is 1.25 bits per heavy atom. The van der Waals surface area contributed by atoms with Crippen LogP contribution in [0, 0.1) is 5.82 Å². The Morgan fingerprint density at radius 2 is 2.00 bits per heavy atom. The second-order valence-corrected chi connectivity index (χ2v) is 5.20. The van der Waals surface area contributed by atoms with Gasteiger partial charge in [-0.2, -0.15) is 13.2 Å². The Bertz CT molecular complexity index is 810. The van der Waals surface area contributed by atoms with E-state index < -0.39 is 36.1 Å². The van der Waals surface area contributed by atoms with Gasteiger partial charge >= 0.3 is 13.3 Å². The SMILES string of the molecule is O=C(Nc1ccc2c(c1)B(O)OC2)c1cccc(C(F)(F)F)c1F. The van der Waals surface area contributed by atoms with Crippen molar-refractivity contribution >= 4 is 24.2 Å². The molecule has 1 aliphatic heterocycles. The Labute approximate surface area is 134 Å². The lowest BCUT2D eigenvalue weighted by Gasteiger charge is -2.12. The van der Waals surface area contributed by atoms with Crippen molar-refractivity contribution in [2.24, 2.45) is 0 Å². The van der Waals surface area contributed by atoms with Gasteiger partial charge in [0, 0.05) is 5.69 Å². The smallest absolute Gasteiger partial charge is 0.423 e. The van der Waals surface area contributed by atoms with Crippen molar-refractivity contribution in [1.82, 2.24) is 0 Å². The lowest BCUT2D eigenvalue weighted by atomic mass is 9.79. The number of hydrogen-bond donors (Lipinski definition) is 2. The largest absolute Gasteiger partial charge is 0.491 e. The number of nitrogens with one attached hydrogen (secondary N) is 1. The Hall–Kier alpha value is -2.39. The van der Waals surface area contributed by atoms with Gasteiger partial charge in [-0.15, -0.1) is 0 Å². The highest BCUT2D eigenvalue weighted by Crippen LogP contribution is 2.32. The van der Waals surface area contributed by atoms with Crippen molar-refractivity contribution in [1.29, 1.82) is 0 Å². The standard InChI is InChI=1S/C15H10BF4NO3/c17-13-10(2-1-3-11(13)15(18,19)20)14(22)21-9-5-4-8-7-24-16(23)12(8)6-9/h1-6,23H,7H2,(H,21,22). The zero-order chi connectivity index (χ0) is 17.5. The van der Waals surface area contributed by atoms with Crippen molar-refractivity contribution in [3.05, 3.63) is 58.9 Å². The first-order valence-electron chi connectivity index (χ1n) is 6.87. The number of alkyl halides is 3. The van der Waals surface area contributed by atoms with Crippen LogP contribution in [-0.2, 0) is 17.4 Å². The minimum absolute atomic E-state index is 0.208. The van der Waals surface area contributed by atoms with Crippen LogP contribution in [0.25, 0.3) is 0 Å². The molecule has 2 N–H and O–H groups in total. The van der Waals surface area contributed by atoms with E-state index in [1.807, 2.05) is 0 Å². The molecule has 1 aliphatic rings.